The van der Waals surface area contributed by atoms with Crippen molar-refractivity contribution in [3.8, 4) is 6.07 Å². The predicted octanol–water partition coefficient (Wildman–Crippen LogP) is 5.38. The van der Waals surface area contributed by atoms with Gasteiger partial charge in [0.05, 0.1) is 6.07 Å². The Labute approximate surface area is 118 Å². The minimum Gasteiger partial charge on any atom is -0.198 e. The number of hydrogen-bond donors (Lipinski definition) is 0. The summed E-state index contributed by atoms with van der Waals surface area (Å²) < 4.78 is 0. The third-order valence-corrected chi connectivity index (χ3v) is 3.40. The van der Waals surface area contributed by atoms with Crippen molar-refractivity contribution in [2.75, 3.05) is 0 Å². The molecule has 0 atom stereocenters. The minimum absolute atomic E-state index is 0.600. The van der Waals surface area contributed by atoms with E-state index in [-0.39, 0.29) is 0 Å². The van der Waals surface area contributed by atoms with Gasteiger partial charge >= 0.3 is 0 Å². The third kappa shape index (κ3) is 6.25. The number of unbranched alkanes of at least 4 members (excludes halogenated alkanes) is 1. The monoisotopic (exact) mass is 255 g/mol. The van der Waals surface area contributed by atoms with Crippen LogP contribution in [-0.2, 0) is 6.42 Å². The average molecular weight is 255 g/mol. The summed E-state index contributed by atoms with van der Waals surface area (Å²) in [5.41, 5.74) is 4.26. The number of benzene rings is 1. The van der Waals surface area contributed by atoms with Crippen LogP contribution in [0.15, 0.2) is 35.9 Å². The molecule has 1 nitrogen and oxygen atoms in total. The van der Waals surface area contributed by atoms with Crippen LogP contribution in [0.4, 0.5) is 0 Å². The normalized spacial score (nSPS) is 11.6. The standard InChI is InChI=1S/C18H25N/c1-15(2)18-12-7-11-17(14-18)10-6-9-16(3)8-4-5-13-19/h7,9,11-12,14-15H,4-6,8,10H2,1-3H3. The van der Waals surface area contributed by atoms with Gasteiger partial charge in [-0.1, -0.05) is 49.8 Å². The zero-order chi connectivity index (χ0) is 14.1. The number of hydrogen-bond acceptors (Lipinski definition) is 1. The molecule has 0 N–H and O–H groups in total. The molecule has 19 heavy (non-hydrogen) atoms. The largest absolute Gasteiger partial charge is 0.198 e. The summed E-state index contributed by atoms with van der Waals surface area (Å²) in [4.78, 5) is 0. The maximum Gasteiger partial charge on any atom is 0.0621 e. The lowest BCUT2D eigenvalue weighted by molar-refractivity contribution is 0.828. The predicted molar refractivity (Wildman–Crippen MR) is 82.1 cm³/mol. The zero-order valence-corrected chi connectivity index (χ0v) is 12.4. The van der Waals surface area contributed by atoms with Crippen LogP contribution in [0.1, 0.15) is 63.5 Å². The SMILES string of the molecule is CC(=CCCc1cccc(C(C)C)c1)CCCC#N. The molecule has 0 spiro atoms. The van der Waals surface area contributed by atoms with E-state index in [1.807, 2.05) is 0 Å². The highest BCUT2D eigenvalue weighted by molar-refractivity contribution is 5.26. The minimum atomic E-state index is 0.600. The molecule has 0 aliphatic heterocycles. The molecule has 102 valence electrons. The van der Waals surface area contributed by atoms with Crippen LogP contribution in [0.3, 0.4) is 0 Å². The Bertz CT molecular complexity index is 449. The highest BCUT2D eigenvalue weighted by Gasteiger charge is 2.00. The van der Waals surface area contributed by atoms with Crippen molar-refractivity contribution in [3.05, 3.63) is 47.0 Å². The quantitative estimate of drug-likeness (QED) is 0.474. The van der Waals surface area contributed by atoms with Gasteiger partial charge in [-0.3, -0.25) is 0 Å². The molecular weight excluding hydrogens is 230 g/mol. The van der Waals surface area contributed by atoms with Gasteiger partial charge in [0, 0.05) is 6.42 Å². The topological polar surface area (TPSA) is 23.8 Å². The van der Waals surface area contributed by atoms with Gasteiger partial charge in [-0.2, -0.15) is 5.26 Å². The van der Waals surface area contributed by atoms with E-state index in [0.717, 1.165) is 25.7 Å². The van der Waals surface area contributed by atoms with Gasteiger partial charge < -0.3 is 0 Å². The van der Waals surface area contributed by atoms with Crippen LogP contribution in [0.5, 0.6) is 0 Å². The summed E-state index contributed by atoms with van der Waals surface area (Å²) in [7, 11) is 0. The van der Waals surface area contributed by atoms with Crippen molar-refractivity contribution < 1.29 is 0 Å². The second kappa shape index (κ2) is 8.53. The molecule has 0 aliphatic carbocycles. The zero-order valence-electron chi connectivity index (χ0n) is 12.4. The van der Waals surface area contributed by atoms with Crippen LogP contribution in [0.2, 0.25) is 0 Å². The first-order valence-electron chi connectivity index (χ1n) is 7.25. The van der Waals surface area contributed by atoms with Gasteiger partial charge in [0.15, 0.2) is 0 Å². The van der Waals surface area contributed by atoms with Gasteiger partial charge in [-0.15, -0.1) is 0 Å². The fraction of sp³-hybridized carbons (Fsp3) is 0.500. The van der Waals surface area contributed by atoms with Crippen LogP contribution in [0, 0.1) is 11.3 Å². The van der Waals surface area contributed by atoms with Crippen LogP contribution in [-0.4, -0.2) is 0 Å². The third-order valence-electron chi connectivity index (χ3n) is 3.40. The van der Waals surface area contributed by atoms with E-state index < -0.39 is 0 Å². The molecule has 0 amide bonds. The summed E-state index contributed by atoms with van der Waals surface area (Å²) in [5.74, 6) is 0.600. The average Bonchev–Trinajstić information content (AvgIpc) is 2.39. The van der Waals surface area contributed by atoms with Crippen LogP contribution in [0.25, 0.3) is 0 Å². The second-order valence-electron chi connectivity index (χ2n) is 5.50. The van der Waals surface area contributed by atoms with E-state index in [1.165, 1.54) is 16.7 Å². The second-order valence-corrected chi connectivity index (χ2v) is 5.50. The van der Waals surface area contributed by atoms with Crippen molar-refractivity contribution in [1.29, 1.82) is 5.26 Å². The van der Waals surface area contributed by atoms with E-state index in [0.29, 0.717) is 12.3 Å². The molecule has 0 heterocycles. The van der Waals surface area contributed by atoms with E-state index in [9.17, 15) is 0 Å². The summed E-state index contributed by atoms with van der Waals surface area (Å²) in [6.07, 6.45) is 7.23. The number of aryl methyl sites for hydroxylation is 1. The molecule has 0 unspecified atom stereocenters. The van der Waals surface area contributed by atoms with Crippen molar-refractivity contribution >= 4 is 0 Å². The molecule has 0 radical (unpaired) electrons. The van der Waals surface area contributed by atoms with Crippen molar-refractivity contribution in [3.63, 3.8) is 0 Å². The van der Waals surface area contributed by atoms with E-state index >= 15 is 0 Å². The highest BCUT2D eigenvalue weighted by atomic mass is 14.2. The molecule has 1 heteroatoms. The number of rotatable bonds is 7. The van der Waals surface area contributed by atoms with Gasteiger partial charge in [0.1, 0.15) is 0 Å². The Morgan fingerprint density at radius 3 is 2.84 bits per heavy atom. The molecule has 0 aliphatic rings. The fourth-order valence-corrected chi connectivity index (χ4v) is 2.14. The lowest BCUT2D eigenvalue weighted by Crippen LogP contribution is -1.90. The molecule has 0 saturated heterocycles. The van der Waals surface area contributed by atoms with Gasteiger partial charge in [0.2, 0.25) is 0 Å². The van der Waals surface area contributed by atoms with E-state index in [4.69, 9.17) is 5.26 Å². The Morgan fingerprint density at radius 1 is 1.37 bits per heavy atom. The Morgan fingerprint density at radius 2 is 2.16 bits per heavy atom. The van der Waals surface area contributed by atoms with Crippen molar-refractivity contribution in [1.82, 2.24) is 0 Å². The molecule has 1 aromatic carbocycles. The van der Waals surface area contributed by atoms with E-state index in [1.54, 1.807) is 0 Å². The van der Waals surface area contributed by atoms with Crippen LogP contribution >= 0.6 is 0 Å². The molecule has 0 saturated carbocycles. The lowest BCUT2D eigenvalue weighted by atomic mass is 9.98. The Balaban J connectivity index is 2.42. The fourth-order valence-electron chi connectivity index (χ4n) is 2.14. The molecule has 0 fully saturated rings. The number of nitriles is 1. The Hall–Kier alpha value is -1.55. The van der Waals surface area contributed by atoms with Gasteiger partial charge in [0.25, 0.3) is 0 Å². The van der Waals surface area contributed by atoms with Gasteiger partial charge in [-0.05, 0) is 49.7 Å². The highest BCUT2D eigenvalue weighted by Crippen LogP contribution is 2.17. The lowest BCUT2D eigenvalue weighted by Gasteiger charge is -2.07. The molecule has 1 rings (SSSR count). The van der Waals surface area contributed by atoms with Gasteiger partial charge in [-0.25, -0.2) is 0 Å². The van der Waals surface area contributed by atoms with Crippen LogP contribution < -0.4 is 0 Å². The number of allylic oxidation sites excluding steroid dienone is 2. The molecule has 0 bridgehead atoms. The van der Waals surface area contributed by atoms with E-state index in [2.05, 4.69) is 57.2 Å². The van der Waals surface area contributed by atoms with Crippen molar-refractivity contribution in [2.45, 2.75) is 58.8 Å². The molecule has 0 aromatic heterocycles. The smallest absolute Gasteiger partial charge is 0.0621 e. The Kier molecular flexibility index (Phi) is 6.97. The first kappa shape index (κ1) is 15.5. The molecular formula is C18H25N. The van der Waals surface area contributed by atoms with Crippen molar-refractivity contribution in [2.24, 2.45) is 0 Å². The summed E-state index contributed by atoms with van der Waals surface area (Å²) in [6.45, 7) is 6.64. The maximum atomic E-state index is 8.51. The summed E-state index contributed by atoms with van der Waals surface area (Å²) in [5, 5.41) is 8.51. The number of nitrogens with zero attached hydrogens (tertiary/aromatic N) is 1. The maximum absolute atomic E-state index is 8.51. The summed E-state index contributed by atoms with van der Waals surface area (Å²) in [6, 6.07) is 11.1. The molecule has 1 aromatic rings. The summed E-state index contributed by atoms with van der Waals surface area (Å²) >= 11 is 0. The first-order valence-corrected chi connectivity index (χ1v) is 7.25. The first-order chi connectivity index (χ1) is 9.13.